The molecule has 1 aromatic heterocycles. The lowest BCUT2D eigenvalue weighted by molar-refractivity contribution is 0.649. The lowest BCUT2D eigenvalue weighted by Gasteiger charge is -2.32. The summed E-state index contributed by atoms with van der Waals surface area (Å²) in [5, 5.41) is 0.820. The van der Waals surface area contributed by atoms with Crippen molar-refractivity contribution in [3.05, 3.63) is 76.1 Å². The SMILES string of the molecule is C=CC(C)(C)C1=C(c2ccc(Cl)c(C)c2C)SCc2cccnc21. The van der Waals surface area contributed by atoms with Gasteiger partial charge >= 0.3 is 0 Å². The van der Waals surface area contributed by atoms with Crippen molar-refractivity contribution in [2.45, 2.75) is 33.4 Å². The zero-order valence-corrected chi connectivity index (χ0v) is 16.2. The van der Waals surface area contributed by atoms with E-state index in [1.54, 1.807) is 0 Å². The molecule has 0 spiro atoms. The van der Waals surface area contributed by atoms with Crippen LogP contribution in [0.1, 0.15) is 41.8 Å². The highest BCUT2D eigenvalue weighted by atomic mass is 35.5. The van der Waals surface area contributed by atoms with Crippen LogP contribution in [0.3, 0.4) is 0 Å². The number of fused-ring (bicyclic) bond motifs is 1. The summed E-state index contributed by atoms with van der Waals surface area (Å²) in [6, 6.07) is 8.32. The molecule has 1 aliphatic rings. The van der Waals surface area contributed by atoms with Crippen LogP contribution in [0.4, 0.5) is 0 Å². The molecule has 1 aliphatic heterocycles. The second kappa shape index (κ2) is 6.42. The zero-order chi connectivity index (χ0) is 17.5. The second-order valence-corrected chi connectivity index (χ2v) is 8.17. The van der Waals surface area contributed by atoms with Crippen LogP contribution in [-0.2, 0) is 5.75 Å². The smallest absolute Gasteiger partial charge is 0.0722 e. The van der Waals surface area contributed by atoms with Gasteiger partial charge in [0, 0.05) is 32.9 Å². The van der Waals surface area contributed by atoms with Gasteiger partial charge in [-0.2, -0.15) is 0 Å². The summed E-state index contributed by atoms with van der Waals surface area (Å²) in [5.74, 6) is 0.941. The molecule has 0 saturated carbocycles. The fourth-order valence-corrected chi connectivity index (χ4v) is 4.67. The third kappa shape index (κ3) is 2.82. The Bertz CT molecular complexity index is 849. The highest BCUT2D eigenvalue weighted by molar-refractivity contribution is 8.08. The fraction of sp³-hybridized carbons (Fsp3) is 0.286. The van der Waals surface area contributed by atoms with E-state index >= 15 is 0 Å². The van der Waals surface area contributed by atoms with Gasteiger partial charge in [0.2, 0.25) is 0 Å². The van der Waals surface area contributed by atoms with Gasteiger partial charge in [-0.25, -0.2) is 0 Å². The van der Waals surface area contributed by atoms with Crippen LogP contribution in [0.15, 0.2) is 43.1 Å². The van der Waals surface area contributed by atoms with Crippen molar-refractivity contribution in [1.29, 1.82) is 0 Å². The third-order valence-electron chi connectivity index (χ3n) is 4.85. The Morgan fingerprint density at radius 3 is 2.67 bits per heavy atom. The molecule has 3 heteroatoms. The average molecular weight is 356 g/mol. The molecule has 0 unspecified atom stereocenters. The number of thioether (sulfide) groups is 1. The molecule has 3 rings (SSSR count). The van der Waals surface area contributed by atoms with Gasteiger partial charge < -0.3 is 0 Å². The summed E-state index contributed by atoms with van der Waals surface area (Å²) in [5.41, 5.74) is 7.12. The summed E-state index contributed by atoms with van der Waals surface area (Å²) >= 11 is 8.19. The van der Waals surface area contributed by atoms with Crippen LogP contribution in [0.5, 0.6) is 0 Å². The van der Waals surface area contributed by atoms with Crippen LogP contribution >= 0.6 is 23.4 Å². The van der Waals surface area contributed by atoms with Crippen molar-refractivity contribution >= 4 is 33.8 Å². The lowest BCUT2D eigenvalue weighted by atomic mass is 9.79. The predicted molar refractivity (Wildman–Crippen MR) is 107 cm³/mol. The first-order valence-corrected chi connectivity index (χ1v) is 9.44. The maximum atomic E-state index is 6.31. The van der Waals surface area contributed by atoms with Gasteiger partial charge in [0.05, 0.1) is 5.69 Å². The minimum atomic E-state index is -0.161. The van der Waals surface area contributed by atoms with E-state index in [0.717, 1.165) is 22.0 Å². The number of rotatable bonds is 3. The summed E-state index contributed by atoms with van der Waals surface area (Å²) in [6.45, 7) is 12.7. The summed E-state index contributed by atoms with van der Waals surface area (Å²) in [4.78, 5) is 6.01. The molecule has 0 N–H and O–H groups in total. The lowest BCUT2D eigenvalue weighted by Crippen LogP contribution is -2.17. The number of nitrogens with zero attached hydrogens (tertiary/aromatic N) is 1. The number of pyridine rings is 1. The van der Waals surface area contributed by atoms with Gasteiger partial charge in [0.15, 0.2) is 0 Å². The van der Waals surface area contributed by atoms with Crippen molar-refractivity contribution < 1.29 is 0 Å². The van der Waals surface area contributed by atoms with Gasteiger partial charge in [-0.15, -0.1) is 18.3 Å². The molecule has 0 fully saturated rings. The molecule has 0 aliphatic carbocycles. The molecule has 0 bridgehead atoms. The summed E-state index contributed by atoms with van der Waals surface area (Å²) in [6.07, 6.45) is 3.90. The Morgan fingerprint density at radius 2 is 1.96 bits per heavy atom. The topological polar surface area (TPSA) is 12.9 Å². The number of hydrogen-bond acceptors (Lipinski definition) is 2. The van der Waals surface area contributed by atoms with Gasteiger partial charge in [-0.3, -0.25) is 4.98 Å². The first-order chi connectivity index (χ1) is 11.4. The van der Waals surface area contributed by atoms with Crippen LogP contribution in [0, 0.1) is 19.3 Å². The van der Waals surface area contributed by atoms with E-state index in [1.807, 2.05) is 36.2 Å². The molecule has 24 heavy (non-hydrogen) atoms. The van der Waals surface area contributed by atoms with Crippen molar-refractivity contribution in [3.63, 3.8) is 0 Å². The fourth-order valence-electron chi connectivity index (χ4n) is 3.06. The molecular weight excluding hydrogens is 334 g/mol. The number of allylic oxidation sites excluding steroid dienone is 2. The van der Waals surface area contributed by atoms with Crippen LogP contribution < -0.4 is 0 Å². The minimum absolute atomic E-state index is 0.161. The van der Waals surface area contributed by atoms with Gasteiger partial charge in [0.1, 0.15) is 0 Å². The van der Waals surface area contributed by atoms with E-state index in [2.05, 4.69) is 46.4 Å². The molecular formula is C21H22ClNS. The number of hydrogen-bond donors (Lipinski definition) is 0. The number of benzene rings is 1. The van der Waals surface area contributed by atoms with Gasteiger partial charge in [0.25, 0.3) is 0 Å². The van der Waals surface area contributed by atoms with Crippen molar-refractivity contribution in [3.8, 4) is 0 Å². The van der Waals surface area contributed by atoms with E-state index in [0.29, 0.717) is 0 Å². The first-order valence-electron chi connectivity index (χ1n) is 8.08. The quantitative estimate of drug-likeness (QED) is 0.569. The molecule has 1 nitrogen and oxygen atoms in total. The molecule has 0 amide bonds. The maximum Gasteiger partial charge on any atom is 0.0722 e. The van der Waals surface area contributed by atoms with Gasteiger partial charge in [-0.1, -0.05) is 43.7 Å². The van der Waals surface area contributed by atoms with Gasteiger partial charge in [-0.05, 0) is 48.2 Å². The summed E-state index contributed by atoms with van der Waals surface area (Å²) < 4.78 is 0. The van der Waals surface area contributed by atoms with E-state index in [-0.39, 0.29) is 5.41 Å². The molecule has 0 saturated heterocycles. The van der Waals surface area contributed by atoms with Crippen LogP contribution in [-0.4, -0.2) is 4.98 Å². The first kappa shape index (κ1) is 17.3. The molecule has 0 radical (unpaired) electrons. The molecule has 1 aromatic carbocycles. The highest BCUT2D eigenvalue weighted by Crippen LogP contribution is 2.51. The molecule has 2 heterocycles. The molecule has 124 valence electrons. The van der Waals surface area contributed by atoms with Crippen molar-refractivity contribution in [1.82, 2.24) is 4.98 Å². The van der Waals surface area contributed by atoms with E-state index in [4.69, 9.17) is 16.6 Å². The van der Waals surface area contributed by atoms with E-state index in [1.165, 1.54) is 27.2 Å². The number of aromatic nitrogens is 1. The van der Waals surface area contributed by atoms with Crippen molar-refractivity contribution in [2.24, 2.45) is 5.41 Å². The Balaban J connectivity index is 2.34. The van der Waals surface area contributed by atoms with Crippen LogP contribution in [0.2, 0.25) is 5.02 Å². The standard InChI is InChI=1S/C21H22ClNS/c1-6-21(4,5)18-19-15(8-7-11-23-19)12-24-20(18)16-9-10-17(22)14(3)13(16)2/h6-11H,1,12H2,2-5H3. The predicted octanol–water partition coefficient (Wildman–Crippen LogP) is 6.68. The van der Waals surface area contributed by atoms with Crippen molar-refractivity contribution in [2.75, 3.05) is 0 Å². The Kier molecular flexibility index (Phi) is 4.63. The summed E-state index contributed by atoms with van der Waals surface area (Å²) in [7, 11) is 0. The normalized spacial score (nSPS) is 14.5. The molecule has 0 atom stereocenters. The third-order valence-corrected chi connectivity index (χ3v) is 6.43. The maximum absolute atomic E-state index is 6.31. The Labute approximate surface area is 153 Å². The Hall–Kier alpha value is -1.51. The Morgan fingerprint density at radius 1 is 1.21 bits per heavy atom. The van der Waals surface area contributed by atoms with E-state index in [9.17, 15) is 0 Å². The minimum Gasteiger partial charge on any atom is -0.256 e. The molecule has 2 aromatic rings. The van der Waals surface area contributed by atoms with Crippen LogP contribution in [0.25, 0.3) is 10.5 Å². The second-order valence-electron chi connectivity index (χ2n) is 6.77. The number of halogens is 1. The van der Waals surface area contributed by atoms with E-state index < -0.39 is 0 Å². The zero-order valence-electron chi connectivity index (χ0n) is 14.6. The monoisotopic (exact) mass is 355 g/mol. The average Bonchev–Trinajstić information content (AvgIpc) is 2.59. The largest absolute Gasteiger partial charge is 0.256 e. The highest BCUT2D eigenvalue weighted by Gasteiger charge is 2.32.